The smallest absolute Gasteiger partial charge is 0.270 e. The molecule has 2 N–H and O–H groups in total. The summed E-state index contributed by atoms with van der Waals surface area (Å²) in [5, 5.41) is 10.8. The molecule has 2 bridgehead atoms. The van der Waals surface area contributed by atoms with E-state index in [1.54, 1.807) is 12.1 Å². The Kier molecular flexibility index (Phi) is 3.22. The number of nitrogens with zero attached hydrogens (tertiary/aromatic N) is 2. The highest BCUT2D eigenvalue weighted by Gasteiger charge is 2.40. The number of piperidine rings is 1. The molecule has 2 unspecified atom stereocenters. The van der Waals surface area contributed by atoms with Gasteiger partial charge in [0.15, 0.2) is 0 Å². The third-order valence-corrected chi connectivity index (χ3v) is 4.82. The summed E-state index contributed by atoms with van der Waals surface area (Å²) in [5.74, 6) is 0. The minimum absolute atomic E-state index is 0.122. The molecule has 19 heavy (non-hydrogen) atoms. The summed E-state index contributed by atoms with van der Waals surface area (Å²) < 4.78 is 0.800. The molecule has 1 aromatic rings. The summed E-state index contributed by atoms with van der Waals surface area (Å²) in [6.07, 6.45) is 4.36. The van der Waals surface area contributed by atoms with Gasteiger partial charge in [-0.2, -0.15) is 0 Å². The van der Waals surface area contributed by atoms with Gasteiger partial charge in [-0.25, -0.2) is 0 Å². The Hall–Kier alpha value is -1.14. The average molecular weight is 326 g/mol. The van der Waals surface area contributed by atoms with Crippen molar-refractivity contribution in [2.24, 2.45) is 5.73 Å². The molecule has 0 amide bonds. The summed E-state index contributed by atoms with van der Waals surface area (Å²) in [5.41, 5.74) is 7.25. The van der Waals surface area contributed by atoms with Gasteiger partial charge in [0.05, 0.1) is 10.6 Å². The first-order valence-electron chi connectivity index (χ1n) is 6.54. The molecule has 0 spiro atoms. The highest BCUT2D eigenvalue weighted by Crippen LogP contribution is 2.42. The van der Waals surface area contributed by atoms with Crippen molar-refractivity contribution in [2.75, 3.05) is 4.90 Å². The molecular weight excluding hydrogens is 310 g/mol. The zero-order chi connectivity index (χ0) is 13.6. The molecule has 2 heterocycles. The van der Waals surface area contributed by atoms with Gasteiger partial charge in [-0.05, 0) is 47.7 Å². The quantitative estimate of drug-likeness (QED) is 0.670. The lowest BCUT2D eigenvalue weighted by atomic mass is 9.97. The maximum atomic E-state index is 10.8. The zero-order valence-corrected chi connectivity index (χ0v) is 12.0. The average Bonchev–Trinajstić information content (AvgIpc) is 2.62. The van der Waals surface area contributed by atoms with E-state index < -0.39 is 0 Å². The van der Waals surface area contributed by atoms with Gasteiger partial charge >= 0.3 is 0 Å². The maximum Gasteiger partial charge on any atom is 0.270 e. The second-order valence-corrected chi connectivity index (χ2v) is 6.27. The van der Waals surface area contributed by atoms with Crippen LogP contribution in [0.3, 0.4) is 0 Å². The second-order valence-electron chi connectivity index (χ2n) is 5.42. The molecule has 5 nitrogen and oxygen atoms in total. The van der Waals surface area contributed by atoms with E-state index >= 15 is 0 Å². The van der Waals surface area contributed by atoms with E-state index in [4.69, 9.17) is 5.73 Å². The maximum absolute atomic E-state index is 10.8. The highest BCUT2D eigenvalue weighted by molar-refractivity contribution is 9.10. The summed E-state index contributed by atoms with van der Waals surface area (Å²) in [4.78, 5) is 12.8. The van der Waals surface area contributed by atoms with Crippen LogP contribution >= 0.6 is 15.9 Å². The molecule has 2 aliphatic rings. The molecule has 2 saturated heterocycles. The number of anilines is 1. The normalized spacial score (nSPS) is 29.6. The van der Waals surface area contributed by atoms with Crippen LogP contribution in [0.4, 0.5) is 11.4 Å². The van der Waals surface area contributed by atoms with Crippen molar-refractivity contribution in [1.82, 2.24) is 0 Å². The molecule has 2 aliphatic heterocycles. The van der Waals surface area contributed by atoms with Gasteiger partial charge in [0.25, 0.3) is 5.69 Å². The topological polar surface area (TPSA) is 72.4 Å². The number of non-ortho nitro benzene ring substituents is 1. The SMILES string of the molecule is NC1CC2CCC(C1)N2c1ccc([N+](=O)[O-])cc1Br. The summed E-state index contributed by atoms with van der Waals surface area (Å²) in [6, 6.07) is 6.27. The van der Waals surface area contributed by atoms with Crippen molar-refractivity contribution in [3.05, 3.63) is 32.8 Å². The predicted octanol–water partition coefficient (Wildman–Crippen LogP) is 2.82. The monoisotopic (exact) mass is 325 g/mol. The zero-order valence-electron chi connectivity index (χ0n) is 10.5. The van der Waals surface area contributed by atoms with Crippen LogP contribution in [0.2, 0.25) is 0 Å². The minimum atomic E-state index is -0.366. The number of hydrogen-bond acceptors (Lipinski definition) is 4. The van der Waals surface area contributed by atoms with E-state index in [0.717, 1.165) is 23.0 Å². The molecule has 6 heteroatoms. The Morgan fingerprint density at radius 2 is 1.95 bits per heavy atom. The van der Waals surface area contributed by atoms with Crippen molar-refractivity contribution in [3.63, 3.8) is 0 Å². The number of rotatable bonds is 2. The largest absolute Gasteiger partial charge is 0.365 e. The number of hydrogen-bond donors (Lipinski definition) is 1. The van der Waals surface area contributed by atoms with Crippen LogP contribution in [0.25, 0.3) is 0 Å². The first-order chi connectivity index (χ1) is 9.06. The van der Waals surface area contributed by atoms with E-state index in [0.29, 0.717) is 18.1 Å². The fourth-order valence-electron chi connectivity index (χ4n) is 3.43. The lowest BCUT2D eigenvalue weighted by Gasteiger charge is -2.39. The molecule has 0 radical (unpaired) electrons. The second kappa shape index (κ2) is 4.76. The molecule has 0 aromatic heterocycles. The predicted molar refractivity (Wildman–Crippen MR) is 77.3 cm³/mol. The molecule has 1 aromatic carbocycles. The Bertz CT molecular complexity index is 509. The van der Waals surface area contributed by atoms with Crippen LogP contribution in [0, 0.1) is 10.1 Å². The number of nitro benzene ring substituents is 1. The Morgan fingerprint density at radius 3 is 2.47 bits per heavy atom. The first kappa shape index (κ1) is 12.9. The molecule has 2 atom stereocenters. The number of fused-ring (bicyclic) bond motifs is 2. The number of nitro groups is 1. The standard InChI is InChI=1S/C13H16BrN3O2/c14-12-7-11(17(18)19)3-4-13(12)16-9-1-2-10(16)6-8(15)5-9/h3-4,7-10H,1-2,5-6,15H2. The van der Waals surface area contributed by atoms with E-state index in [9.17, 15) is 10.1 Å². The number of halogens is 1. The van der Waals surface area contributed by atoms with Crippen molar-refractivity contribution in [1.29, 1.82) is 0 Å². The van der Waals surface area contributed by atoms with E-state index in [1.165, 1.54) is 12.8 Å². The third-order valence-electron chi connectivity index (χ3n) is 4.19. The first-order valence-corrected chi connectivity index (χ1v) is 7.33. The van der Waals surface area contributed by atoms with Gasteiger partial charge in [-0.15, -0.1) is 0 Å². The number of benzene rings is 1. The van der Waals surface area contributed by atoms with Crippen LogP contribution in [0.1, 0.15) is 25.7 Å². The molecule has 0 aliphatic carbocycles. The van der Waals surface area contributed by atoms with Gasteiger partial charge in [0, 0.05) is 34.7 Å². The Morgan fingerprint density at radius 1 is 1.32 bits per heavy atom. The summed E-state index contributed by atoms with van der Waals surface area (Å²) in [7, 11) is 0. The van der Waals surface area contributed by atoms with Crippen LogP contribution in [-0.4, -0.2) is 23.0 Å². The molecule has 0 saturated carbocycles. The molecule has 3 rings (SSSR count). The van der Waals surface area contributed by atoms with Crippen LogP contribution < -0.4 is 10.6 Å². The van der Waals surface area contributed by atoms with Crippen molar-refractivity contribution in [2.45, 2.75) is 43.8 Å². The molecule has 102 valence electrons. The van der Waals surface area contributed by atoms with Crippen molar-refractivity contribution >= 4 is 27.3 Å². The van der Waals surface area contributed by atoms with Gasteiger partial charge in [0.1, 0.15) is 0 Å². The van der Waals surface area contributed by atoms with Crippen LogP contribution in [-0.2, 0) is 0 Å². The minimum Gasteiger partial charge on any atom is -0.365 e. The molecular formula is C13H16BrN3O2. The summed E-state index contributed by atoms with van der Waals surface area (Å²) >= 11 is 3.47. The van der Waals surface area contributed by atoms with E-state index in [1.807, 2.05) is 6.07 Å². The van der Waals surface area contributed by atoms with Gasteiger partial charge in [-0.3, -0.25) is 10.1 Å². The van der Waals surface area contributed by atoms with E-state index in [2.05, 4.69) is 20.8 Å². The molecule has 2 fully saturated rings. The van der Waals surface area contributed by atoms with Crippen LogP contribution in [0.5, 0.6) is 0 Å². The summed E-state index contributed by atoms with van der Waals surface area (Å²) in [6.45, 7) is 0. The fraction of sp³-hybridized carbons (Fsp3) is 0.538. The van der Waals surface area contributed by atoms with E-state index in [-0.39, 0.29) is 10.6 Å². The number of nitrogens with two attached hydrogens (primary N) is 1. The van der Waals surface area contributed by atoms with Crippen molar-refractivity contribution < 1.29 is 4.92 Å². The van der Waals surface area contributed by atoms with Gasteiger partial charge in [0.2, 0.25) is 0 Å². The van der Waals surface area contributed by atoms with Gasteiger partial charge < -0.3 is 10.6 Å². The van der Waals surface area contributed by atoms with Gasteiger partial charge in [-0.1, -0.05) is 0 Å². The third kappa shape index (κ3) is 2.23. The van der Waals surface area contributed by atoms with Crippen molar-refractivity contribution in [3.8, 4) is 0 Å². The lowest BCUT2D eigenvalue weighted by molar-refractivity contribution is -0.384. The lowest BCUT2D eigenvalue weighted by Crippen LogP contribution is -2.47. The highest BCUT2D eigenvalue weighted by atomic mass is 79.9. The Labute approximate surface area is 120 Å². The van der Waals surface area contributed by atoms with Crippen LogP contribution in [0.15, 0.2) is 22.7 Å². The fourth-order valence-corrected chi connectivity index (χ4v) is 4.00. The Balaban J connectivity index is 1.93.